The van der Waals surface area contributed by atoms with E-state index in [4.69, 9.17) is 4.98 Å². The predicted octanol–water partition coefficient (Wildman–Crippen LogP) is 21.8. The van der Waals surface area contributed by atoms with Crippen molar-refractivity contribution in [1.82, 2.24) is 22.9 Å². The minimum absolute atomic E-state index is 0.122. The first-order valence-electron chi connectivity index (χ1n) is 30.3. The van der Waals surface area contributed by atoms with E-state index in [0.717, 1.165) is 22.5 Å². The van der Waals surface area contributed by atoms with Gasteiger partial charge in [0, 0.05) is 87.1 Å². The molecule has 0 aliphatic heterocycles. The van der Waals surface area contributed by atoms with Gasteiger partial charge < -0.3 is 13.5 Å². The molecule has 0 saturated heterocycles. The van der Waals surface area contributed by atoms with Crippen molar-refractivity contribution in [1.29, 1.82) is 0 Å². The molecule has 0 spiro atoms. The van der Waals surface area contributed by atoms with Crippen LogP contribution in [0.1, 0.15) is 52.7 Å². The summed E-state index contributed by atoms with van der Waals surface area (Å²) in [6.45, 7) is 14.2. The van der Waals surface area contributed by atoms with E-state index in [-0.39, 0.29) is 10.8 Å². The standard InChI is InChI=1S/C81H57N5/c1-80(2,3)50-41-59(49-34-36-69-61(39-49)57-30-18-20-32-67(57)84(69)53-25-11-8-12-26-53)75-62(42-50)63-43-51(81(4,5)6)44-65-73-74-70(45-82-79(73)86(75)76(63)65)85-77-58(48-33-35-68-60(38-48)56-29-17-19-31-66(56)83(68)52-23-9-7-10-24-52)37-46-21-13-15-27-54(46)71(77)64-40-47-22-14-16-28-55(47)72(74)78(64)85/h7-45H,1-6H3. The fraction of sp³-hybridized carbons (Fsp3) is 0.0988. The molecule has 7 aromatic heterocycles. The summed E-state index contributed by atoms with van der Waals surface area (Å²) >= 11 is 0. The van der Waals surface area contributed by atoms with Crippen LogP contribution >= 0.6 is 0 Å². The van der Waals surface area contributed by atoms with Crippen molar-refractivity contribution in [2.75, 3.05) is 0 Å². The van der Waals surface area contributed by atoms with Crippen LogP contribution in [-0.2, 0) is 10.8 Å². The first kappa shape index (κ1) is 47.9. The van der Waals surface area contributed by atoms with E-state index < -0.39 is 0 Å². The van der Waals surface area contributed by atoms with E-state index in [1.165, 1.54) is 164 Å². The summed E-state index contributed by atoms with van der Waals surface area (Å²) < 4.78 is 10.0. The molecule has 19 aromatic rings. The Balaban J connectivity index is 0.971. The topological polar surface area (TPSA) is 31.6 Å². The van der Waals surface area contributed by atoms with Gasteiger partial charge in [-0.15, -0.1) is 0 Å². The smallest absolute Gasteiger partial charge is 0.146 e. The number of hydrogen-bond donors (Lipinski definition) is 0. The van der Waals surface area contributed by atoms with E-state index in [1.807, 2.05) is 0 Å². The van der Waals surface area contributed by atoms with Crippen molar-refractivity contribution < 1.29 is 0 Å². The molecule has 12 aromatic carbocycles. The number of aromatic nitrogens is 5. The van der Waals surface area contributed by atoms with E-state index in [0.29, 0.717) is 0 Å². The summed E-state index contributed by atoms with van der Waals surface area (Å²) in [5.41, 5.74) is 21.2. The number of fused-ring (bicyclic) bond motifs is 23. The lowest BCUT2D eigenvalue weighted by Crippen LogP contribution is -2.11. The zero-order valence-corrected chi connectivity index (χ0v) is 48.8. The van der Waals surface area contributed by atoms with Gasteiger partial charge in [0.2, 0.25) is 0 Å². The first-order chi connectivity index (χ1) is 42.0. The van der Waals surface area contributed by atoms with Crippen LogP contribution in [0.15, 0.2) is 237 Å². The minimum Gasteiger partial charge on any atom is -0.309 e. The fourth-order valence-electron chi connectivity index (χ4n) is 15.5. The number of para-hydroxylation sites is 4. The van der Waals surface area contributed by atoms with Crippen LogP contribution in [0.3, 0.4) is 0 Å². The van der Waals surface area contributed by atoms with Crippen LogP contribution in [0.25, 0.3) is 175 Å². The second-order valence-corrected chi connectivity index (χ2v) is 26.3. The van der Waals surface area contributed by atoms with Crippen LogP contribution in [0.5, 0.6) is 0 Å². The van der Waals surface area contributed by atoms with Crippen molar-refractivity contribution in [2.45, 2.75) is 52.4 Å². The molecule has 0 fully saturated rings. The molecule has 0 unspecified atom stereocenters. The summed E-state index contributed by atoms with van der Waals surface area (Å²) in [4.78, 5) is 5.86. The highest BCUT2D eigenvalue weighted by atomic mass is 15.0. The van der Waals surface area contributed by atoms with Crippen molar-refractivity contribution in [2.24, 2.45) is 0 Å². The quantitative estimate of drug-likeness (QED) is 0.173. The van der Waals surface area contributed by atoms with Gasteiger partial charge in [-0.05, 0) is 152 Å². The molecule has 0 bridgehead atoms. The molecule has 5 nitrogen and oxygen atoms in total. The van der Waals surface area contributed by atoms with E-state index in [2.05, 4.69) is 296 Å². The molecule has 0 N–H and O–H groups in total. The summed E-state index contributed by atoms with van der Waals surface area (Å²) in [6.07, 6.45) is 2.22. The van der Waals surface area contributed by atoms with Crippen LogP contribution in [0, 0.1) is 0 Å². The van der Waals surface area contributed by atoms with Crippen molar-refractivity contribution >= 4 is 141 Å². The lowest BCUT2D eigenvalue weighted by atomic mass is 9.83. The predicted molar refractivity (Wildman–Crippen MR) is 366 cm³/mol. The van der Waals surface area contributed by atoms with Crippen LogP contribution in [-0.4, -0.2) is 22.9 Å². The third-order valence-electron chi connectivity index (χ3n) is 19.5. The molecule has 0 saturated carbocycles. The van der Waals surface area contributed by atoms with Gasteiger partial charge in [0.05, 0.1) is 55.8 Å². The SMILES string of the molecule is CC(C)(C)c1cc(-c2ccc3c(c2)c2ccccc2n3-c2ccccc2)c2c(c1)c1cc(C(C)(C)C)cc3c4c5c6c7ccccc7cc7c8c9ccccc9cc(-c9ccc%10c(c9)c9ccccc9n%10-c9ccccc9)c8n(c5cnc4n2c13)c76. The first-order valence-corrected chi connectivity index (χ1v) is 30.3. The molecule has 0 aliphatic rings. The van der Waals surface area contributed by atoms with Crippen LogP contribution in [0.2, 0.25) is 0 Å². The van der Waals surface area contributed by atoms with Crippen molar-refractivity contribution in [3.63, 3.8) is 0 Å². The average molecular weight is 1100 g/mol. The Morgan fingerprint density at radius 2 is 0.756 bits per heavy atom. The molecule has 19 rings (SSSR count). The molecule has 0 radical (unpaired) electrons. The maximum atomic E-state index is 5.86. The van der Waals surface area contributed by atoms with Gasteiger partial charge >= 0.3 is 0 Å². The highest BCUT2D eigenvalue weighted by Crippen LogP contribution is 2.53. The molecule has 0 aliphatic carbocycles. The van der Waals surface area contributed by atoms with Gasteiger partial charge in [0.15, 0.2) is 0 Å². The average Bonchev–Trinajstić information content (AvgIpc) is 1.51. The molecule has 5 heteroatoms. The van der Waals surface area contributed by atoms with Gasteiger partial charge in [-0.2, -0.15) is 0 Å². The summed E-state index contributed by atoms with van der Waals surface area (Å²) in [5.74, 6) is 0. The summed E-state index contributed by atoms with van der Waals surface area (Å²) in [6, 6.07) is 86.7. The van der Waals surface area contributed by atoms with Gasteiger partial charge in [-0.3, -0.25) is 4.40 Å². The van der Waals surface area contributed by atoms with Gasteiger partial charge in [0.25, 0.3) is 0 Å². The number of benzene rings is 12. The molecule has 7 heterocycles. The van der Waals surface area contributed by atoms with E-state index >= 15 is 0 Å². The Hall–Kier alpha value is -10.5. The Bertz CT molecular complexity index is 6130. The molecular formula is C81H57N5. The maximum absolute atomic E-state index is 5.86. The molecular weight excluding hydrogens is 1040 g/mol. The normalized spacial score (nSPS) is 13.0. The Morgan fingerprint density at radius 3 is 1.35 bits per heavy atom. The van der Waals surface area contributed by atoms with E-state index in [9.17, 15) is 0 Å². The molecule has 0 atom stereocenters. The largest absolute Gasteiger partial charge is 0.309 e. The number of hydrogen-bond acceptors (Lipinski definition) is 1. The highest BCUT2D eigenvalue weighted by molar-refractivity contribution is 6.41. The third kappa shape index (κ3) is 6.26. The van der Waals surface area contributed by atoms with Crippen LogP contribution < -0.4 is 0 Å². The zero-order chi connectivity index (χ0) is 57.2. The van der Waals surface area contributed by atoms with Crippen molar-refractivity contribution in [3.8, 4) is 33.6 Å². The van der Waals surface area contributed by atoms with Crippen molar-refractivity contribution in [3.05, 3.63) is 248 Å². The maximum Gasteiger partial charge on any atom is 0.146 e. The Morgan fingerprint density at radius 1 is 0.291 bits per heavy atom. The van der Waals surface area contributed by atoms with Gasteiger partial charge in [-0.1, -0.05) is 175 Å². The third-order valence-corrected chi connectivity index (χ3v) is 19.5. The van der Waals surface area contributed by atoms with Crippen LogP contribution in [0.4, 0.5) is 0 Å². The second kappa shape index (κ2) is 16.6. The second-order valence-electron chi connectivity index (χ2n) is 26.3. The van der Waals surface area contributed by atoms with Gasteiger partial charge in [0.1, 0.15) is 5.65 Å². The summed E-state index contributed by atoms with van der Waals surface area (Å²) in [7, 11) is 0. The zero-order valence-electron chi connectivity index (χ0n) is 48.8. The minimum atomic E-state index is -0.144. The molecule has 406 valence electrons. The number of nitrogens with zero attached hydrogens (tertiary/aromatic N) is 5. The highest BCUT2D eigenvalue weighted by Gasteiger charge is 2.32. The van der Waals surface area contributed by atoms with Gasteiger partial charge in [-0.25, -0.2) is 4.98 Å². The lowest BCUT2D eigenvalue weighted by Gasteiger charge is -2.22. The summed E-state index contributed by atoms with van der Waals surface area (Å²) in [5, 5.41) is 20.0. The monoisotopic (exact) mass is 1100 g/mol. The Labute approximate surface area is 495 Å². The van der Waals surface area contributed by atoms with E-state index in [1.54, 1.807) is 0 Å². The fourth-order valence-corrected chi connectivity index (χ4v) is 15.5. The molecule has 0 amide bonds. The number of rotatable bonds is 4. The number of pyridine rings is 1. The Kier molecular flexibility index (Phi) is 9.28. The lowest BCUT2D eigenvalue weighted by molar-refractivity contribution is 0.591. The molecule has 86 heavy (non-hydrogen) atoms.